The largest absolute Gasteiger partial charge is 0.444 e. The van der Waals surface area contributed by atoms with E-state index in [1.165, 1.54) is 11.1 Å². The summed E-state index contributed by atoms with van der Waals surface area (Å²) in [4.78, 5) is 17.5. The van der Waals surface area contributed by atoms with E-state index in [-0.39, 0.29) is 16.9 Å². The highest BCUT2D eigenvalue weighted by Gasteiger charge is 2.73. The van der Waals surface area contributed by atoms with E-state index in [4.69, 9.17) is 4.74 Å². The highest BCUT2D eigenvalue weighted by molar-refractivity contribution is 5.69. The monoisotopic (exact) mass is 404 g/mol. The van der Waals surface area contributed by atoms with E-state index in [9.17, 15) is 4.79 Å². The SMILES string of the molecule is CC(C)(C)OC(=O)N1CC2CC3(c4ccccc4)CN(Cc4ccccc4)CC23C1. The van der Waals surface area contributed by atoms with Gasteiger partial charge in [-0.05, 0) is 44.2 Å². The molecule has 1 saturated carbocycles. The Kier molecular flexibility index (Phi) is 4.48. The Labute approximate surface area is 179 Å². The summed E-state index contributed by atoms with van der Waals surface area (Å²) in [7, 11) is 0. The van der Waals surface area contributed by atoms with Crippen LogP contribution < -0.4 is 0 Å². The standard InChI is InChI=1S/C26H32N2O2/c1-24(2,3)30-23(29)28-16-22-14-25(21-12-8-5-9-13-21)17-27(18-26(22,25)19-28)15-20-10-6-4-7-11-20/h4-13,22H,14-19H2,1-3H3. The minimum Gasteiger partial charge on any atom is -0.444 e. The fourth-order valence-corrected chi connectivity index (χ4v) is 6.33. The lowest BCUT2D eigenvalue weighted by molar-refractivity contribution is -0.00197. The summed E-state index contributed by atoms with van der Waals surface area (Å²) >= 11 is 0. The quantitative estimate of drug-likeness (QED) is 0.744. The predicted octanol–water partition coefficient (Wildman–Crippen LogP) is 4.70. The van der Waals surface area contributed by atoms with Crippen LogP contribution in [0, 0.1) is 11.3 Å². The van der Waals surface area contributed by atoms with Gasteiger partial charge in [0.25, 0.3) is 0 Å². The van der Waals surface area contributed by atoms with E-state index >= 15 is 0 Å². The third-order valence-electron chi connectivity index (χ3n) is 7.47. The first-order chi connectivity index (χ1) is 14.3. The van der Waals surface area contributed by atoms with Gasteiger partial charge in [-0.15, -0.1) is 0 Å². The van der Waals surface area contributed by atoms with Crippen molar-refractivity contribution < 1.29 is 9.53 Å². The minimum absolute atomic E-state index is 0.125. The first-order valence-electron chi connectivity index (χ1n) is 11.1. The topological polar surface area (TPSA) is 32.8 Å². The summed E-state index contributed by atoms with van der Waals surface area (Å²) in [5.74, 6) is 0.547. The van der Waals surface area contributed by atoms with E-state index in [2.05, 4.69) is 65.6 Å². The Bertz CT molecular complexity index is 923. The van der Waals surface area contributed by atoms with E-state index in [0.29, 0.717) is 5.92 Å². The van der Waals surface area contributed by atoms with Crippen LogP contribution in [0.3, 0.4) is 0 Å². The number of carbonyl (C=O) groups excluding carboxylic acids is 1. The highest BCUT2D eigenvalue weighted by Crippen LogP contribution is 2.68. The van der Waals surface area contributed by atoms with Gasteiger partial charge < -0.3 is 9.64 Å². The van der Waals surface area contributed by atoms with Gasteiger partial charge in [-0.1, -0.05) is 60.7 Å². The number of hydrogen-bond acceptors (Lipinski definition) is 3. The Balaban J connectivity index is 1.44. The van der Waals surface area contributed by atoms with Crippen molar-refractivity contribution in [3.63, 3.8) is 0 Å². The van der Waals surface area contributed by atoms with Crippen molar-refractivity contribution in [1.82, 2.24) is 9.80 Å². The summed E-state index contributed by atoms with van der Waals surface area (Å²) in [6, 6.07) is 21.7. The molecule has 5 rings (SSSR count). The fraction of sp³-hybridized carbons (Fsp3) is 0.500. The Hall–Kier alpha value is -2.33. The molecule has 2 aliphatic heterocycles. The van der Waals surface area contributed by atoms with Crippen LogP contribution in [-0.2, 0) is 16.7 Å². The molecule has 0 radical (unpaired) electrons. The zero-order chi connectivity index (χ0) is 21.0. The number of rotatable bonds is 3. The molecule has 1 amide bonds. The second-order valence-electron chi connectivity index (χ2n) is 10.5. The Morgan fingerprint density at radius 3 is 2.33 bits per heavy atom. The summed E-state index contributed by atoms with van der Waals surface area (Å²) in [6.45, 7) is 10.5. The molecular weight excluding hydrogens is 372 g/mol. The van der Waals surface area contributed by atoms with E-state index in [0.717, 1.165) is 39.1 Å². The van der Waals surface area contributed by atoms with Crippen molar-refractivity contribution in [2.24, 2.45) is 11.3 Å². The highest BCUT2D eigenvalue weighted by atomic mass is 16.6. The van der Waals surface area contributed by atoms with Gasteiger partial charge in [0.1, 0.15) is 5.60 Å². The van der Waals surface area contributed by atoms with Gasteiger partial charge in [0, 0.05) is 43.6 Å². The van der Waals surface area contributed by atoms with Gasteiger partial charge >= 0.3 is 6.09 Å². The lowest BCUT2D eigenvalue weighted by atomic mass is 9.44. The molecule has 4 nitrogen and oxygen atoms in total. The zero-order valence-corrected chi connectivity index (χ0v) is 18.3. The van der Waals surface area contributed by atoms with Crippen LogP contribution in [0.15, 0.2) is 60.7 Å². The van der Waals surface area contributed by atoms with Crippen LogP contribution >= 0.6 is 0 Å². The number of carbonyl (C=O) groups is 1. The second-order valence-corrected chi connectivity index (χ2v) is 10.5. The molecule has 30 heavy (non-hydrogen) atoms. The van der Waals surface area contributed by atoms with Crippen molar-refractivity contribution in [3.8, 4) is 0 Å². The molecule has 158 valence electrons. The van der Waals surface area contributed by atoms with Crippen LogP contribution in [0.2, 0.25) is 0 Å². The molecule has 2 aromatic rings. The molecule has 3 atom stereocenters. The molecule has 0 bridgehead atoms. The van der Waals surface area contributed by atoms with Gasteiger partial charge in [-0.2, -0.15) is 0 Å². The number of nitrogens with zero attached hydrogens (tertiary/aromatic N) is 2. The van der Waals surface area contributed by atoms with Gasteiger partial charge in [-0.3, -0.25) is 4.90 Å². The predicted molar refractivity (Wildman–Crippen MR) is 118 cm³/mol. The maximum Gasteiger partial charge on any atom is 0.410 e. The van der Waals surface area contributed by atoms with Crippen molar-refractivity contribution >= 4 is 6.09 Å². The fourth-order valence-electron chi connectivity index (χ4n) is 6.33. The molecular formula is C26H32N2O2. The van der Waals surface area contributed by atoms with Crippen molar-refractivity contribution in [2.45, 2.75) is 44.8 Å². The van der Waals surface area contributed by atoms with Crippen LogP contribution in [0.5, 0.6) is 0 Å². The molecule has 3 aliphatic rings. The molecule has 4 heteroatoms. The van der Waals surface area contributed by atoms with Crippen molar-refractivity contribution in [2.75, 3.05) is 26.2 Å². The lowest BCUT2D eigenvalue weighted by Gasteiger charge is -2.57. The molecule has 1 aliphatic carbocycles. The average Bonchev–Trinajstić information content (AvgIpc) is 3.13. The van der Waals surface area contributed by atoms with E-state index in [1.54, 1.807) is 0 Å². The third-order valence-corrected chi connectivity index (χ3v) is 7.47. The minimum atomic E-state index is -0.456. The maximum absolute atomic E-state index is 12.9. The van der Waals surface area contributed by atoms with Crippen molar-refractivity contribution in [3.05, 3.63) is 71.8 Å². The van der Waals surface area contributed by atoms with Crippen LogP contribution in [0.25, 0.3) is 0 Å². The summed E-state index contributed by atoms with van der Waals surface area (Å²) in [5, 5.41) is 0. The molecule has 0 N–H and O–H groups in total. The van der Waals surface area contributed by atoms with Gasteiger partial charge in [0.2, 0.25) is 0 Å². The summed E-state index contributed by atoms with van der Waals surface area (Å²) in [5.41, 5.74) is 2.59. The number of likely N-dealkylation sites (tertiary alicyclic amines) is 2. The first-order valence-corrected chi connectivity index (χ1v) is 11.1. The number of ether oxygens (including phenoxy) is 1. The molecule has 2 saturated heterocycles. The second kappa shape index (κ2) is 6.84. The van der Waals surface area contributed by atoms with E-state index < -0.39 is 5.60 Å². The molecule has 0 aromatic heterocycles. The normalized spacial score (nSPS) is 30.5. The van der Waals surface area contributed by atoms with E-state index in [1.807, 2.05) is 25.7 Å². The lowest BCUT2D eigenvalue weighted by Crippen LogP contribution is -2.60. The van der Waals surface area contributed by atoms with Gasteiger partial charge in [0.05, 0.1) is 0 Å². The van der Waals surface area contributed by atoms with Gasteiger partial charge in [-0.25, -0.2) is 4.79 Å². The molecule has 3 fully saturated rings. The number of hydrogen-bond donors (Lipinski definition) is 0. The van der Waals surface area contributed by atoms with Gasteiger partial charge in [0.15, 0.2) is 0 Å². The summed E-state index contributed by atoms with van der Waals surface area (Å²) in [6.07, 6.45) is 0.997. The number of benzene rings is 2. The Morgan fingerprint density at radius 2 is 1.67 bits per heavy atom. The van der Waals surface area contributed by atoms with Crippen LogP contribution in [0.4, 0.5) is 4.79 Å². The first kappa shape index (κ1) is 19.6. The molecule has 1 spiro atoms. The Morgan fingerprint density at radius 1 is 1.00 bits per heavy atom. The maximum atomic E-state index is 12.9. The third kappa shape index (κ3) is 3.04. The molecule has 3 unspecified atom stereocenters. The zero-order valence-electron chi connectivity index (χ0n) is 18.3. The summed E-state index contributed by atoms with van der Waals surface area (Å²) < 4.78 is 5.73. The van der Waals surface area contributed by atoms with Crippen LogP contribution in [0.1, 0.15) is 38.3 Å². The average molecular weight is 405 g/mol. The number of amides is 1. The molecule has 2 heterocycles. The van der Waals surface area contributed by atoms with Crippen LogP contribution in [-0.4, -0.2) is 47.7 Å². The molecule has 2 aromatic carbocycles. The smallest absolute Gasteiger partial charge is 0.410 e. The van der Waals surface area contributed by atoms with Crippen molar-refractivity contribution in [1.29, 1.82) is 0 Å².